The lowest BCUT2D eigenvalue weighted by atomic mass is 10.0. The second-order valence-corrected chi connectivity index (χ2v) is 5.82. The molecule has 4 heteroatoms. The minimum absolute atomic E-state index is 0.386. The second-order valence-electron chi connectivity index (χ2n) is 5.82. The lowest BCUT2D eigenvalue weighted by Crippen LogP contribution is -2.06. The van der Waals surface area contributed by atoms with Crippen LogP contribution in [0.5, 0.6) is 5.75 Å². The molecule has 0 radical (unpaired) electrons. The van der Waals surface area contributed by atoms with Gasteiger partial charge in [-0.3, -0.25) is 0 Å². The molecule has 0 amide bonds. The van der Waals surface area contributed by atoms with Crippen LogP contribution in [0.2, 0.25) is 0 Å². The molecule has 1 N–H and O–H groups in total. The zero-order valence-corrected chi connectivity index (χ0v) is 13.0. The molecule has 0 bridgehead atoms. The number of methoxy groups -OCH3 is 1. The number of aryl methyl sites for hydroxylation is 1. The first-order valence-electron chi connectivity index (χ1n) is 7.35. The number of hydrogen-bond acceptors (Lipinski definition) is 4. The minimum Gasteiger partial charge on any atom is -0.496 e. The molecule has 110 valence electrons. The quantitative estimate of drug-likeness (QED) is 0.939. The fourth-order valence-electron chi connectivity index (χ4n) is 2.78. The molecule has 1 aliphatic heterocycles. The molecule has 1 aliphatic rings. The smallest absolute Gasteiger partial charge is 0.163 e. The fraction of sp³-hybridized carbons (Fsp3) is 0.412. The van der Waals surface area contributed by atoms with Crippen molar-refractivity contribution in [2.24, 2.45) is 0 Å². The molecule has 1 aromatic heterocycles. The standard InChI is InChI=1S/C17H21N3O/c1-10(2)16-13-8-18-9-14(13)19-17(20-16)12-6-5-11(3)7-15(12)21-4/h5-7,10,18H,8-9H2,1-4H3. The van der Waals surface area contributed by atoms with E-state index in [2.05, 4.69) is 32.2 Å². The van der Waals surface area contributed by atoms with Crippen LogP contribution in [0.1, 0.15) is 42.3 Å². The maximum absolute atomic E-state index is 5.50. The van der Waals surface area contributed by atoms with Crippen molar-refractivity contribution in [2.75, 3.05) is 7.11 Å². The van der Waals surface area contributed by atoms with Crippen molar-refractivity contribution >= 4 is 0 Å². The predicted molar refractivity (Wildman–Crippen MR) is 83.4 cm³/mol. The summed E-state index contributed by atoms with van der Waals surface area (Å²) in [5.74, 6) is 1.98. The van der Waals surface area contributed by atoms with Crippen molar-refractivity contribution in [1.29, 1.82) is 0 Å². The van der Waals surface area contributed by atoms with E-state index in [-0.39, 0.29) is 0 Å². The van der Waals surface area contributed by atoms with Gasteiger partial charge >= 0.3 is 0 Å². The van der Waals surface area contributed by atoms with Crippen LogP contribution >= 0.6 is 0 Å². The van der Waals surface area contributed by atoms with Gasteiger partial charge in [0, 0.05) is 18.7 Å². The molecule has 0 spiro atoms. The molecular formula is C17H21N3O. The highest BCUT2D eigenvalue weighted by Gasteiger charge is 2.22. The van der Waals surface area contributed by atoms with Gasteiger partial charge in [-0.15, -0.1) is 0 Å². The third-order valence-corrected chi connectivity index (χ3v) is 3.86. The fourth-order valence-corrected chi connectivity index (χ4v) is 2.78. The Morgan fingerprint density at radius 1 is 1.19 bits per heavy atom. The van der Waals surface area contributed by atoms with Gasteiger partial charge in [-0.1, -0.05) is 19.9 Å². The highest BCUT2D eigenvalue weighted by atomic mass is 16.5. The Kier molecular flexibility index (Phi) is 3.64. The van der Waals surface area contributed by atoms with Gasteiger partial charge in [-0.2, -0.15) is 0 Å². The summed E-state index contributed by atoms with van der Waals surface area (Å²) in [5, 5.41) is 3.37. The third-order valence-electron chi connectivity index (χ3n) is 3.86. The Labute approximate surface area is 125 Å². The first kappa shape index (κ1) is 14.0. The summed E-state index contributed by atoms with van der Waals surface area (Å²) < 4.78 is 5.50. The van der Waals surface area contributed by atoms with E-state index in [0.29, 0.717) is 5.92 Å². The summed E-state index contributed by atoms with van der Waals surface area (Å²) in [5.41, 5.74) is 5.65. The Morgan fingerprint density at radius 2 is 2.00 bits per heavy atom. The van der Waals surface area contributed by atoms with E-state index in [0.717, 1.165) is 41.6 Å². The van der Waals surface area contributed by atoms with Gasteiger partial charge in [0.05, 0.1) is 24.1 Å². The van der Waals surface area contributed by atoms with Crippen molar-refractivity contribution in [3.63, 3.8) is 0 Å². The molecule has 2 heterocycles. The number of aromatic nitrogens is 2. The van der Waals surface area contributed by atoms with Crippen LogP contribution in [-0.4, -0.2) is 17.1 Å². The number of benzene rings is 1. The SMILES string of the molecule is COc1cc(C)ccc1-c1nc2c(c(C(C)C)n1)CNC2. The Hall–Kier alpha value is -1.94. The molecule has 0 fully saturated rings. The number of fused-ring (bicyclic) bond motifs is 1. The van der Waals surface area contributed by atoms with E-state index < -0.39 is 0 Å². The predicted octanol–water partition coefficient (Wildman–Crippen LogP) is 3.19. The number of hydrogen-bond donors (Lipinski definition) is 1. The van der Waals surface area contributed by atoms with Crippen LogP contribution in [0.4, 0.5) is 0 Å². The van der Waals surface area contributed by atoms with Gasteiger partial charge in [-0.25, -0.2) is 9.97 Å². The lowest BCUT2D eigenvalue weighted by Gasteiger charge is -2.14. The highest BCUT2D eigenvalue weighted by molar-refractivity contribution is 5.65. The molecule has 4 nitrogen and oxygen atoms in total. The van der Waals surface area contributed by atoms with E-state index >= 15 is 0 Å². The van der Waals surface area contributed by atoms with E-state index in [4.69, 9.17) is 14.7 Å². The van der Waals surface area contributed by atoms with Gasteiger partial charge in [-0.05, 0) is 30.5 Å². The molecule has 0 saturated carbocycles. The first-order valence-corrected chi connectivity index (χ1v) is 7.35. The molecule has 1 aromatic carbocycles. The summed E-state index contributed by atoms with van der Waals surface area (Å²) in [4.78, 5) is 9.57. The van der Waals surface area contributed by atoms with E-state index in [1.165, 1.54) is 11.1 Å². The maximum Gasteiger partial charge on any atom is 0.163 e. The molecular weight excluding hydrogens is 262 g/mol. The number of rotatable bonds is 3. The number of nitrogens with one attached hydrogen (secondary N) is 1. The second kappa shape index (κ2) is 5.45. The normalized spacial score (nSPS) is 13.6. The molecule has 2 aromatic rings. The molecule has 3 rings (SSSR count). The Morgan fingerprint density at radius 3 is 2.71 bits per heavy atom. The van der Waals surface area contributed by atoms with Crippen molar-refractivity contribution in [3.05, 3.63) is 40.7 Å². The van der Waals surface area contributed by atoms with Crippen molar-refractivity contribution in [1.82, 2.24) is 15.3 Å². The molecule has 0 saturated heterocycles. The van der Waals surface area contributed by atoms with Crippen molar-refractivity contribution in [2.45, 2.75) is 39.8 Å². The van der Waals surface area contributed by atoms with Gasteiger partial charge < -0.3 is 10.1 Å². The Balaban J connectivity index is 2.18. The molecule has 21 heavy (non-hydrogen) atoms. The van der Waals surface area contributed by atoms with Crippen LogP contribution in [0.25, 0.3) is 11.4 Å². The summed E-state index contributed by atoms with van der Waals surface area (Å²) in [6.45, 7) is 8.10. The van der Waals surface area contributed by atoms with E-state index in [1.807, 2.05) is 12.1 Å². The van der Waals surface area contributed by atoms with Gasteiger partial charge in [0.2, 0.25) is 0 Å². The van der Waals surface area contributed by atoms with Crippen LogP contribution in [0.3, 0.4) is 0 Å². The monoisotopic (exact) mass is 283 g/mol. The Bertz CT molecular complexity index is 680. The van der Waals surface area contributed by atoms with Crippen LogP contribution in [-0.2, 0) is 13.1 Å². The van der Waals surface area contributed by atoms with Crippen molar-refractivity contribution < 1.29 is 4.74 Å². The number of nitrogens with zero attached hydrogens (tertiary/aromatic N) is 2. The summed E-state index contributed by atoms with van der Waals surface area (Å²) in [7, 11) is 1.69. The summed E-state index contributed by atoms with van der Waals surface area (Å²) in [6, 6.07) is 6.14. The van der Waals surface area contributed by atoms with E-state index in [1.54, 1.807) is 7.11 Å². The molecule has 0 atom stereocenters. The minimum atomic E-state index is 0.386. The van der Waals surface area contributed by atoms with E-state index in [9.17, 15) is 0 Å². The summed E-state index contributed by atoms with van der Waals surface area (Å²) >= 11 is 0. The van der Waals surface area contributed by atoms with Gasteiger partial charge in [0.25, 0.3) is 0 Å². The van der Waals surface area contributed by atoms with Gasteiger partial charge in [0.15, 0.2) is 5.82 Å². The third kappa shape index (κ3) is 2.51. The lowest BCUT2D eigenvalue weighted by molar-refractivity contribution is 0.416. The summed E-state index contributed by atoms with van der Waals surface area (Å²) in [6.07, 6.45) is 0. The topological polar surface area (TPSA) is 47.0 Å². The average Bonchev–Trinajstić information content (AvgIpc) is 2.94. The highest BCUT2D eigenvalue weighted by Crippen LogP contribution is 2.32. The van der Waals surface area contributed by atoms with Crippen LogP contribution in [0, 0.1) is 6.92 Å². The van der Waals surface area contributed by atoms with Crippen LogP contribution < -0.4 is 10.1 Å². The van der Waals surface area contributed by atoms with Gasteiger partial charge in [0.1, 0.15) is 5.75 Å². The first-order chi connectivity index (χ1) is 10.1. The van der Waals surface area contributed by atoms with Crippen molar-refractivity contribution in [3.8, 4) is 17.1 Å². The zero-order chi connectivity index (χ0) is 15.0. The largest absolute Gasteiger partial charge is 0.496 e. The number of ether oxygens (including phenoxy) is 1. The maximum atomic E-state index is 5.50. The molecule has 0 unspecified atom stereocenters. The molecule has 0 aliphatic carbocycles. The zero-order valence-electron chi connectivity index (χ0n) is 13.0. The van der Waals surface area contributed by atoms with Crippen LogP contribution in [0.15, 0.2) is 18.2 Å². The average molecular weight is 283 g/mol.